The molecule has 0 N–H and O–H groups in total. The number of hydrogen-bond donors (Lipinski definition) is 0. The average Bonchev–Trinajstić information content (AvgIpc) is 2.93. The highest BCUT2D eigenvalue weighted by Gasteiger charge is 2.09. The van der Waals surface area contributed by atoms with Gasteiger partial charge in [0.1, 0.15) is 5.75 Å². The molecule has 5 aromatic rings. The van der Waals surface area contributed by atoms with E-state index in [1.165, 1.54) is 5.56 Å². The van der Waals surface area contributed by atoms with Gasteiger partial charge in [0.05, 0.1) is 12.1 Å². The van der Waals surface area contributed by atoms with E-state index in [0.717, 1.165) is 53.5 Å². The van der Waals surface area contributed by atoms with Crippen LogP contribution in [0.25, 0.3) is 21.7 Å². The first kappa shape index (κ1) is 29.9. The van der Waals surface area contributed by atoms with E-state index in [1.807, 2.05) is 72.9 Å². The predicted molar refractivity (Wildman–Crippen MR) is 162 cm³/mol. The summed E-state index contributed by atoms with van der Waals surface area (Å²) in [7, 11) is 1.77. The van der Waals surface area contributed by atoms with Crippen molar-refractivity contribution in [3.63, 3.8) is 0 Å². The number of aromatic nitrogens is 3. The number of nitrogens with zero attached hydrogens (tertiary/aromatic N) is 4. The van der Waals surface area contributed by atoms with Crippen molar-refractivity contribution in [1.82, 2.24) is 19.0 Å². The quantitative estimate of drug-likeness (QED) is 0.221. The number of hydrogen-bond acceptors (Lipinski definition) is 5. The molecule has 0 aliphatic rings. The van der Waals surface area contributed by atoms with Crippen molar-refractivity contribution in [2.75, 3.05) is 19.7 Å². The van der Waals surface area contributed by atoms with E-state index in [4.69, 9.17) is 4.74 Å². The number of pyridine rings is 3. The summed E-state index contributed by atoms with van der Waals surface area (Å²) in [5, 5.41) is 2.68. The lowest BCUT2D eigenvalue weighted by molar-refractivity contribution is 0.221. The van der Waals surface area contributed by atoms with Gasteiger partial charge in [0.15, 0.2) is 0 Å². The molecule has 0 saturated heterocycles. The second-order valence-electron chi connectivity index (χ2n) is 9.19. The Kier molecular flexibility index (Phi) is 10.7. The fraction of sp³-hybridized carbons (Fsp3) is 0.233. The standard InChI is InChI=1S/C30H30N4O3.2ClH/c1-32-28-9-8-26(21-25(28)7-10-29(32)35)37-20-4-16-33(22-23-11-14-31-15-12-23)18-19-34-17-13-24-5-2-3-6-27(24)30(34)36;;/h2-3,5-15,17,21H,4,16,18-20,22H2,1H3;2*1H. The molecule has 7 nitrogen and oxygen atoms in total. The molecule has 3 heterocycles. The van der Waals surface area contributed by atoms with Gasteiger partial charge < -0.3 is 13.9 Å². The molecule has 0 amide bonds. The van der Waals surface area contributed by atoms with Gasteiger partial charge in [-0.15, -0.1) is 24.8 Å². The van der Waals surface area contributed by atoms with E-state index in [2.05, 4.69) is 9.88 Å². The van der Waals surface area contributed by atoms with Gasteiger partial charge in [-0.05, 0) is 65.9 Å². The summed E-state index contributed by atoms with van der Waals surface area (Å²) >= 11 is 0. The van der Waals surface area contributed by atoms with Crippen LogP contribution in [0.3, 0.4) is 0 Å². The van der Waals surface area contributed by atoms with Crippen molar-refractivity contribution in [1.29, 1.82) is 0 Å². The zero-order valence-corrected chi connectivity index (χ0v) is 23.4. The maximum absolute atomic E-state index is 12.9. The Hall–Kier alpha value is -3.65. The summed E-state index contributed by atoms with van der Waals surface area (Å²) in [5.74, 6) is 0.787. The fourth-order valence-corrected chi connectivity index (χ4v) is 4.60. The van der Waals surface area contributed by atoms with Crippen molar-refractivity contribution >= 4 is 46.5 Å². The van der Waals surface area contributed by atoms with Crippen LogP contribution in [0.5, 0.6) is 5.75 Å². The summed E-state index contributed by atoms with van der Waals surface area (Å²) in [5.41, 5.74) is 2.08. The van der Waals surface area contributed by atoms with Gasteiger partial charge in [-0.3, -0.25) is 19.5 Å². The molecule has 0 aliphatic heterocycles. The van der Waals surface area contributed by atoms with Crippen LogP contribution < -0.4 is 15.9 Å². The number of aryl methyl sites for hydroxylation is 1. The highest BCUT2D eigenvalue weighted by Crippen LogP contribution is 2.19. The van der Waals surface area contributed by atoms with Crippen molar-refractivity contribution in [3.8, 4) is 5.75 Å². The highest BCUT2D eigenvalue weighted by molar-refractivity contribution is 5.85. The van der Waals surface area contributed by atoms with Gasteiger partial charge in [0.25, 0.3) is 11.1 Å². The monoisotopic (exact) mass is 566 g/mol. The lowest BCUT2D eigenvalue weighted by atomic mass is 10.2. The van der Waals surface area contributed by atoms with Crippen LogP contribution in [0.2, 0.25) is 0 Å². The number of fused-ring (bicyclic) bond motifs is 2. The fourth-order valence-electron chi connectivity index (χ4n) is 4.60. The van der Waals surface area contributed by atoms with Crippen molar-refractivity contribution in [2.24, 2.45) is 7.05 Å². The summed E-state index contributed by atoms with van der Waals surface area (Å²) in [4.78, 5) is 31.3. The second-order valence-corrected chi connectivity index (χ2v) is 9.19. The van der Waals surface area contributed by atoms with E-state index in [-0.39, 0.29) is 35.9 Å². The van der Waals surface area contributed by atoms with E-state index < -0.39 is 0 Å². The van der Waals surface area contributed by atoms with Crippen LogP contribution in [0.15, 0.2) is 101 Å². The minimum atomic E-state index is -0.0265. The lowest BCUT2D eigenvalue weighted by Crippen LogP contribution is -2.32. The average molecular weight is 568 g/mol. The molecular formula is C30H32Cl2N4O3. The van der Waals surface area contributed by atoms with Gasteiger partial charge in [-0.25, -0.2) is 0 Å². The summed E-state index contributed by atoms with van der Waals surface area (Å²) in [6, 6.07) is 22.9. The second kappa shape index (κ2) is 13.9. The van der Waals surface area contributed by atoms with Crippen LogP contribution in [0, 0.1) is 0 Å². The van der Waals surface area contributed by atoms with Crippen molar-refractivity contribution in [3.05, 3.63) is 118 Å². The Morgan fingerprint density at radius 2 is 1.67 bits per heavy atom. The molecule has 3 aromatic heterocycles. The Labute approximate surface area is 239 Å². The SMILES string of the molecule is Cl.Cl.Cn1c(=O)ccc2cc(OCCCN(CCn3ccc4ccccc4c3=O)Cc3ccncc3)ccc21. The smallest absolute Gasteiger partial charge is 0.258 e. The van der Waals surface area contributed by atoms with Crippen LogP contribution >= 0.6 is 24.8 Å². The molecule has 0 spiro atoms. The van der Waals surface area contributed by atoms with Crippen LogP contribution in [0.1, 0.15) is 12.0 Å². The minimum Gasteiger partial charge on any atom is -0.494 e. The van der Waals surface area contributed by atoms with Crippen LogP contribution in [-0.4, -0.2) is 38.7 Å². The molecule has 39 heavy (non-hydrogen) atoms. The van der Waals surface area contributed by atoms with E-state index >= 15 is 0 Å². The topological polar surface area (TPSA) is 69.4 Å². The van der Waals surface area contributed by atoms with Gasteiger partial charge in [0, 0.05) is 68.7 Å². The Bertz CT molecular complexity index is 1640. The molecule has 0 saturated carbocycles. The van der Waals surface area contributed by atoms with Crippen LogP contribution in [0.4, 0.5) is 0 Å². The summed E-state index contributed by atoms with van der Waals surface area (Å²) < 4.78 is 9.46. The van der Waals surface area contributed by atoms with E-state index in [1.54, 1.807) is 34.6 Å². The molecule has 0 bridgehead atoms. The largest absolute Gasteiger partial charge is 0.494 e. The van der Waals surface area contributed by atoms with Gasteiger partial charge >= 0.3 is 0 Å². The number of rotatable bonds is 10. The Balaban J connectivity index is 0.00000210. The van der Waals surface area contributed by atoms with E-state index in [0.29, 0.717) is 13.2 Å². The maximum atomic E-state index is 12.9. The zero-order chi connectivity index (χ0) is 25.6. The lowest BCUT2D eigenvalue weighted by Gasteiger charge is -2.23. The normalized spacial score (nSPS) is 10.8. The molecule has 204 valence electrons. The molecule has 2 aromatic carbocycles. The first-order valence-electron chi connectivity index (χ1n) is 12.5. The Morgan fingerprint density at radius 1 is 0.872 bits per heavy atom. The molecule has 0 unspecified atom stereocenters. The third-order valence-electron chi connectivity index (χ3n) is 6.68. The molecule has 0 aliphatic carbocycles. The zero-order valence-electron chi connectivity index (χ0n) is 21.7. The van der Waals surface area contributed by atoms with Crippen LogP contribution in [-0.2, 0) is 20.1 Å². The molecule has 0 fully saturated rings. The number of ether oxygens (including phenoxy) is 1. The number of benzene rings is 2. The molecule has 9 heteroatoms. The minimum absolute atomic E-state index is 0. The summed E-state index contributed by atoms with van der Waals surface area (Å²) in [6.07, 6.45) is 6.33. The third kappa shape index (κ3) is 7.26. The molecule has 5 rings (SSSR count). The first-order valence-corrected chi connectivity index (χ1v) is 12.5. The first-order chi connectivity index (χ1) is 18.1. The van der Waals surface area contributed by atoms with Gasteiger partial charge in [-0.2, -0.15) is 0 Å². The van der Waals surface area contributed by atoms with Gasteiger partial charge in [-0.1, -0.05) is 18.2 Å². The predicted octanol–water partition coefficient (Wildman–Crippen LogP) is 5.06. The van der Waals surface area contributed by atoms with Crippen molar-refractivity contribution < 1.29 is 4.74 Å². The highest BCUT2D eigenvalue weighted by atomic mass is 35.5. The molecule has 0 atom stereocenters. The Morgan fingerprint density at radius 3 is 2.49 bits per heavy atom. The number of halogens is 2. The molecular weight excluding hydrogens is 535 g/mol. The molecule has 0 radical (unpaired) electrons. The van der Waals surface area contributed by atoms with Crippen molar-refractivity contribution in [2.45, 2.75) is 19.5 Å². The summed E-state index contributed by atoms with van der Waals surface area (Å²) in [6.45, 7) is 3.52. The maximum Gasteiger partial charge on any atom is 0.258 e. The van der Waals surface area contributed by atoms with Gasteiger partial charge in [0.2, 0.25) is 0 Å². The van der Waals surface area contributed by atoms with E-state index in [9.17, 15) is 9.59 Å². The third-order valence-corrected chi connectivity index (χ3v) is 6.68.